The minimum atomic E-state index is -0.552. The summed E-state index contributed by atoms with van der Waals surface area (Å²) >= 11 is 6.06. The molecule has 1 aliphatic rings. The van der Waals surface area contributed by atoms with E-state index in [-0.39, 0.29) is 34.3 Å². The highest BCUT2D eigenvalue weighted by Crippen LogP contribution is 2.25. The first-order valence-corrected chi connectivity index (χ1v) is 8.62. The molecule has 9 nitrogen and oxygen atoms in total. The second kappa shape index (κ2) is 8.17. The molecule has 0 spiro atoms. The first-order valence-electron chi connectivity index (χ1n) is 8.25. The fourth-order valence-electron chi connectivity index (χ4n) is 2.80. The van der Waals surface area contributed by atoms with Gasteiger partial charge in [-0.05, 0) is 6.07 Å². The number of nitro groups is 1. The molecule has 0 atom stereocenters. The second-order valence-electron chi connectivity index (χ2n) is 5.91. The molecule has 2 heterocycles. The number of non-ortho nitro benzene ring substituents is 1. The average molecular weight is 393 g/mol. The number of nitro benzene ring substituents is 1. The Morgan fingerprint density at radius 1 is 1.33 bits per heavy atom. The van der Waals surface area contributed by atoms with Crippen molar-refractivity contribution in [3.63, 3.8) is 0 Å². The van der Waals surface area contributed by atoms with Gasteiger partial charge in [0.15, 0.2) is 0 Å². The van der Waals surface area contributed by atoms with E-state index in [0.29, 0.717) is 31.8 Å². The van der Waals surface area contributed by atoms with Crippen molar-refractivity contribution in [2.75, 3.05) is 20.2 Å². The maximum atomic E-state index is 12.7. The summed E-state index contributed by atoms with van der Waals surface area (Å²) in [5, 5.41) is 11.1. The van der Waals surface area contributed by atoms with Crippen molar-refractivity contribution < 1.29 is 19.2 Å². The molecular formula is C17H17ClN4O5. The smallest absolute Gasteiger partial charge is 0.319 e. The fourth-order valence-corrected chi connectivity index (χ4v) is 3.00. The van der Waals surface area contributed by atoms with E-state index in [1.807, 2.05) is 0 Å². The molecule has 10 heteroatoms. The Labute approximate surface area is 160 Å². The van der Waals surface area contributed by atoms with E-state index >= 15 is 0 Å². The van der Waals surface area contributed by atoms with E-state index < -0.39 is 4.92 Å². The van der Waals surface area contributed by atoms with Crippen LogP contribution in [-0.2, 0) is 0 Å². The molecule has 0 N–H and O–H groups in total. The van der Waals surface area contributed by atoms with Gasteiger partial charge in [-0.3, -0.25) is 14.9 Å². The van der Waals surface area contributed by atoms with Gasteiger partial charge in [-0.25, -0.2) is 4.98 Å². The zero-order valence-corrected chi connectivity index (χ0v) is 15.3. The van der Waals surface area contributed by atoms with Crippen LogP contribution in [0.3, 0.4) is 0 Å². The Hall–Kier alpha value is -2.94. The molecule has 0 radical (unpaired) electrons. The van der Waals surface area contributed by atoms with Crippen LogP contribution in [0.25, 0.3) is 0 Å². The van der Waals surface area contributed by atoms with Crippen molar-refractivity contribution in [1.29, 1.82) is 0 Å². The predicted octanol–water partition coefficient (Wildman–Crippen LogP) is 2.73. The number of ether oxygens (including phenoxy) is 2. The van der Waals surface area contributed by atoms with Gasteiger partial charge in [0.05, 0.1) is 22.6 Å². The molecule has 1 fully saturated rings. The molecule has 1 aromatic heterocycles. The highest BCUT2D eigenvalue weighted by Gasteiger charge is 2.27. The summed E-state index contributed by atoms with van der Waals surface area (Å²) in [5.41, 5.74) is -0.0375. The number of methoxy groups -OCH3 is 1. The van der Waals surface area contributed by atoms with Crippen molar-refractivity contribution in [3.8, 4) is 11.9 Å². The van der Waals surface area contributed by atoms with Gasteiger partial charge in [0.2, 0.25) is 5.88 Å². The van der Waals surface area contributed by atoms with Crippen LogP contribution < -0.4 is 9.47 Å². The van der Waals surface area contributed by atoms with E-state index in [0.717, 1.165) is 0 Å². The summed E-state index contributed by atoms with van der Waals surface area (Å²) < 4.78 is 10.8. The third-order valence-corrected chi connectivity index (χ3v) is 4.53. The van der Waals surface area contributed by atoms with Crippen LogP contribution in [0, 0.1) is 10.1 Å². The Morgan fingerprint density at radius 2 is 2.07 bits per heavy atom. The van der Waals surface area contributed by atoms with Gasteiger partial charge >= 0.3 is 6.01 Å². The lowest BCUT2D eigenvalue weighted by atomic mass is 10.1. The minimum Gasteiger partial charge on any atom is -0.474 e. The zero-order chi connectivity index (χ0) is 19.4. The summed E-state index contributed by atoms with van der Waals surface area (Å²) in [6.07, 6.45) is 2.65. The number of hydrogen-bond acceptors (Lipinski definition) is 7. The number of rotatable bonds is 5. The third kappa shape index (κ3) is 4.43. The topological polar surface area (TPSA) is 108 Å². The molecule has 0 unspecified atom stereocenters. The number of carbonyl (C=O) groups excluding carboxylic acids is 1. The molecule has 2 aromatic rings. The van der Waals surface area contributed by atoms with Gasteiger partial charge in [0.25, 0.3) is 11.6 Å². The van der Waals surface area contributed by atoms with Crippen LogP contribution in [0.2, 0.25) is 5.02 Å². The second-order valence-corrected chi connectivity index (χ2v) is 6.32. The molecule has 1 amide bonds. The van der Waals surface area contributed by atoms with Gasteiger partial charge in [0, 0.05) is 50.3 Å². The number of nitrogens with zero attached hydrogens (tertiary/aromatic N) is 4. The van der Waals surface area contributed by atoms with Gasteiger partial charge in [-0.2, -0.15) is 4.98 Å². The van der Waals surface area contributed by atoms with E-state index in [2.05, 4.69) is 9.97 Å². The molecule has 1 aromatic carbocycles. The fraction of sp³-hybridized carbons (Fsp3) is 0.353. The number of hydrogen-bond donors (Lipinski definition) is 0. The Kier molecular flexibility index (Phi) is 5.70. The van der Waals surface area contributed by atoms with Gasteiger partial charge in [-0.1, -0.05) is 11.6 Å². The maximum absolute atomic E-state index is 12.7. The van der Waals surface area contributed by atoms with Crippen molar-refractivity contribution in [3.05, 3.63) is 51.2 Å². The van der Waals surface area contributed by atoms with Gasteiger partial charge < -0.3 is 14.4 Å². The van der Waals surface area contributed by atoms with Crippen LogP contribution in [-0.4, -0.2) is 52.0 Å². The highest BCUT2D eigenvalue weighted by atomic mass is 35.5. The predicted molar refractivity (Wildman–Crippen MR) is 96.2 cm³/mol. The third-order valence-electron chi connectivity index (χ3n) is 4.20. The summed E-state index contributed by atoms with van der Waals surface area (Å²) in [4.78, 5) is 32.7. The number of halogens is 1. The molecule has 27 heavy (non-hydrogen) atoms. The van der Waals surface area contributed by atoms with Crippen LogP contribution in [0.15, 0.2) is 30.5 Å². The lowest BCUT2D eigenvalue weighted by Crippen LogP contribution is -2.42. The first kappa shape index (κ1) is 18.8. The molecule has 1 saturated heterocycles. The number of likely N-dealkylation sites (tertiary alicyclic amines) is 1. The Balaban J connectivity index is 1.62. The first-order chi connectivity index (χ1) is 13.0. The van der Waals surface area contributed by atoms with Crippen molar-refractivity contribution in [2.24, 2.45) is 0 Å². The van der Waals surface area contributed by atoms with Crippen molar-refractivity contribution >= 4 is 23.2 Å². The molecular weight excluding hydrogens is 376 g/mol. The standard InChI is InChI=1S/C17H17ClN4O5/c1-26-17-19-7-4-15(20-17)27-12-5-8-21(9-6-12)16(23)13-10-11(22(24)25)2-3-14(13)18/h2-4,7,10,12H,5-6,8-9H2,1H3. The number of carbonyl (C=O) groups is 1. The van der Waals surface area contributed by atoms with Crippen LogP contribution in [0.5, 0.6) is 11.9 Å². The van der Waals surface area contributed by atoms with E-state index in [1.54, 1.807) is 17.2 Å². The van der Waals surface area contributed by atoms with E-state index in [4.69, 9.17) is 21.1 Å². The number of aromatic nitrogens is 2. The maximum Gasteiger partial charge on any atom is 0.319 e. The minimum absolute atomic E-state index is 0.103. The van der Waals surface area contributed by atoms with Crippen molar-refractivity contribution in [1.82, 2.24) is 14.9 Å². The van der Waals surface area contributed by atoms with E-state index in [9.17, 15) is 14.9 Å². The lowest BCUT2D eigenvalue weighted by molar-refractivity contribution is -0.384. The number of piperidine rings is 1. The van der Waals surface area contributed by atoms with Gasteiger partial charge in [0.1, 0.15) is 6.10 Å². The number of benzene rings is 1. The summed E-state index contributed by atoms with van der Waals surface area (Å²) in [6, 6.07) is 5.71. The molecule has 0 bridgehead atoms. The molecule has 0 saturated carbocycles. The van der Waals surface area contributed by atoms with Crippen LogP contribution in [0.4, 0.5) is 5.69 Å². The summed E-state index contributed by atoms with van der Waals surface area (Å²) in [5.74, 6) is 0.0826. The van der Waals surface area contributed by atoms with E-state index in [1.165, 1.54) is 25.3 Å². The Bertz CT molecular complexity index is 855. The highest BCUT2D eigenvalue weighted by molar-refractivity contribution is 6.33. The molecule has 1 aliphatic heterocycles. The zero-order valence-electron chi connectivity index (χ0n) is 14.5. The number of amides is 1. The normalized spacial score (nSPS) is 14.7. The van der Waals surface area contributed by atoms with Gasteiger partial charge in [-0.15, -0.1) is 0 Å². The molecule has 0 aliphatic carbocycles. The lowest BCUT2D eigenvalue weighted by Gasteiger charge is -2.32. The quantitative estimate of drug-likeness (QED) is 0.568. The van der Waals surface area contributed by atoms with Crippen LogP contribution >= 0.6 is 11.6 Å². The SMILES string of the molecule is COc1nccc(OC2CCN(C(=O)c3cc([N+](=O)[O-])ccc3Cl)CC2)n1. The summed E-state index contributed by atoms with van der Waals surface area (Å²) in [6.45, 7) is 0.898. The largest absolute Gasteiger partial charge is 0.474 e. The van der Waals surface area contributed by atoms with Crippen molar-refractivity contribution in [2.45, 2.75) is 18.9 Å². The monoisotopic (exact) mass is 392 g/mol. The van der Waals surface area contributed by atoms with Crippen LogP contribution in [0.1, 0.15) is 23.2 Å². The molecule has 142 valence electrons. The Morgan fingerprint density at radius 3 is 2.74 bits per heavy atom. The summed E-state index contributed by atoms with van der Waals surface area (Å²) in [7, 11) is 1.47. The average Bonchev–Trinajstić information content (AvgIpc) is 2.68. The molecule has 3 rings (SSSR count).